The van der Waals surface area contributed by atoms with Gasteiger partial charge in [0.25, 0.3) is 5.91 Å². The summed E-state index contributed by atoms with van der Waals surface area (Å²) in [7, 11) is 1.45. The summed E-state index contributed by atoms with van der Waals surface area (Å²) < 4.78 is 28.9. The minimum atomic E-state index is -0.617. The zero-order chi connectivity index (χ0) is 19.0. The Morgan fingerprint density at radius 3 is 2.37 bits per heavy atom. The number of halogens is 2. The lowest BCUT2D eigenvalue weighted by atomic mass is 10.1. The van der Waals surface area contributed by atoms with Crippen LogP contribution in [0.1, 0.15) is 10.4 Å². The molecule has 0 fully saturated rings. The predicted octanol–water partition coefficient (Wildman–Crippen LogP) is 3.70. The molecule has 7 heteroatoms. The van der Waals surface area contributed by atoms with E-state index in [2.05, 4.69) is 15.4 Å². The van der Waals surface area contributed by atoms with Gasteiger partial charge in [0, 0.05) is 18.2 Å². The maximum atomic E-state index is 14.2. The topological polar surface area (TPSA) is 59.3 Å². The number of carbonyl (C=O) groups excluding carboxylic acids is 1. The van der Waals surface area contributed by atoms with E-state index in [0.29, 0.717) is 17.0 Å². The van der Waals surface area contributed by atoms with Gasteiger partial charge in [-0.3, -0.25) is 4.79 Å². The third-order valence-corrected chi connectivity index (χ3v) is 4.23. The molecule has 4 aromatic rings. The van der Waals surface area contributed by atoms with Crippen molar-refractivity contribution in [2.24, 2.45) is 0 Å². The highest BCUT2D eigenvalue weighted by atomic mass is 19.1. The minimum Gasteiger partial charge on any atom is -0.355 e. The largest absolute Gasteiger partial charge is 0.355 e. The Morgan fingerprint density at radius 2 is 1.67 bits per heavy atom. The molecule has 0 aliphatic rings. The summed E-state index contributed by atoms with van der Waals surface area (Å²) in [5.41, 5.74) is 3.29. The van der Waals surface area contributed by atoms with E-state index in [1.807, 2.05) is 6.07 Å². The fourth-order valence-corrected chi connectivity index (χ4v) is 2.82. The first-order chi connectivity index (χ1) is 13.0. The third-order valence-electron chi connectivity index (χ3n) is 4.23. The van der Waals surface area contributed by atoms with Crippen LogP contribution < -0.4 is 5.32 Å². The zero-order valence-electron chi connectivity index (χ0n) is 14.3. The van der Waals surface area contributed by atoms with E-state index in [-0.39, 0.29) is 11.4 Å². The van der Waals surface area contributed by atoms with E-state index in [1.54, 1.807) is 28.8 Å². The molecule has 0 spiro atoms. The van der Waals surface area contributed by atoms with Gasteiger partial charge >= 0.3 is 0 Å². The third kappa shape index (κ3) is 3.15. The van der Waals surface area contributed by atoms with Crippen molar-refractivity contribution in [1.29, 1.82) is 0 Å². The number of rotatable bonds is 3. The number of nitrogens with zero attached hydrogens (tertiary/aromatic N) is 3. The van der Waals surface area contributed by atoms with E-state index < -0.39 is 11.7 Å². The summed E-state index contributed by atoms with van der Waals surface area (Å²) in [5.74, 6) is -1.41. The Morgan fingerprint density at radius 1 is 0.963 bits per heavy atom. The van der Waals surface area contributed by atoms with Crippen molar-refractivity contribution in [2.45, 2.75) is 0 Å². The standard InChI is InChI=1S/C20H14F2N4O/c1-23-20(27)16-7-4-13(8-17(16)22)18-9-15-10-19(25-26(15)11-24-18)12-2-5-14(21)6-3-12/h2-11H,1H3,(H,23,27). The lowest BCUT2D eigenvalue weighted by molar-refractivity contribution is 0.0959. The normalized spacial score (nSPS) is 10.9. The predicted molar refractivity (Wildman–Crippen MR) is 97.2 cm³/mol. The molecule has 0 radical (unpaired) electrons. The number of carbonyl (C=O) groups is 1. The Hall–Kier alpha value is -3.61. The van der Waals surface area contributed by atoms with Crippen LogP contribution in [0.15, 0.2) is 60.9 Å². The number of amides is 1. The molecular formula is C20H14F2N4O. The smallest absolute Gasteiger partial charge is 0.253 e. The second-order valence-corrected chi connectivity index (χ2v) is 5.95. The highest BCUT2D eigenvalue weighted by Gasteiger charge is 2.13. The molecule has 0 saturated carbocycles. The summed E-state index contributed by atoms with van der Waals surface area (Å²) in [6.07, 6.45) is 1.53. The van der Waals surface area contributed by atoms with Crippen molar-refractivity contribution in [2.75, 3.05) is 7.05 Å². The molecule has 0 aliphatic carbocycles. The second-order valence-electron chi connectivity index (χ2n) is 5.95. The van der Waals surface area contributed by atoms with Gasteiger partial charge in [-0.25, -0.2) is 18.3 Å². The first-order valence-electron chi connectivity index (χ1n) is 8.18. The molecule has 0 aliphatic heterocycles. The van der Waals surface area contributed by atoms with E-state index in [1.165, 1.54) is 37.6 Å². The van der Waals surface area contributed by atoms with Gasteiger partial charge in [0.2, 0.25) is 0 Å². The zero-order valence-corrected chi connectivity index (χ0v) is 14.3. The lowest BCUT2D eigenvalue weighted by Gasteiger charge is -2.05. The van der Waals surface area contributed by atoms with Gasteiger partial charge in [-0.15, -0.1) is 0 Å². The van der Waals surface area contributed by atoms with E-state index >= 15 is 0 Å². The maximum Gasteiger partial charge on any atom is 0.253 e. The summed E-state index contributed by atoms with van der Waals surface area (Å²) in [6, 6.07) is 14.0. The molecule has 2 aromatic carbocycles. The monoisotopic (exact) mass is 364 g/mol. The average molecular weight is 364 g/mol. The number of hydrogen-bond donors (Lipinski definition) is 1. The molecule has 1 amide bonds. The molecule has 0 saturated heterocycles. The Labute approximate surface area is 153 Å². The number of benzene rings is 2. The van der Waals surface area contributed by atoms with Gasteiger partial charge in [0.1, 0.15) is 18.0 Å². The van der Waals surface area contributed by atoms with Crippen LogP contribution in [0.2, 0.25) is 0 Å². The first kappa shape index (κ1) is 16.8. The van der Waals surface area contributed by atoms with Gasteiger partial charge in [0.15, 0.2) is 0 Å². The number of hydrogen-bond acceptors (Lipinski definition) is 3. The summed E-state index contributed by atoms with van der Waals surface area (Å²) >= 11 is 0. The molecular weight excluding hydrogens is 350 g/mol. The van der Waals surface area contributed by atoms with Crippen LogP contribution in [0.25, 0.3) is 28.0 Å². The fourth-order valence-electron chi connectivity index (χ4n) is 2.82. The molecule has 134 valence electrons. The van der Waals surface area contributed by atoms with Crippen molar-refractivity contribution in [3.05, 3.63) is 78.1 Å². The Balaban J connectivity index is 1.72. The molecule has 1 N–H and O–H groups in total. The highest BCUT2D eigenvalue weighted by Crippen LogP contribution is 2.24. The molecule has 4 rings (SSSR count). The SMILES string of the molecule is CNC(=O)c1ccc(-c2cc3cc(-c4ccc(F)cc4)nn3cn2)cc1F. The van der Waals surface area contributed by atoms with Crippen molar-refractivity contribution < 1.29 is 13.6 Å². The molecule has 2 aromatic heterocycles. The van der Waals surface area contributed by atoms with Crippen LogP contribution in [-0.4, -0.2) is 27.6 Å². The fraction of sp³-hybridized carbons (Fsp3) is 0.0500. The molecule has 27 heavy (non-hydrogen) atoms. The average Bonchev–Trinajstić information content (AvgIpc) is 3.11. The molecule has 0 bridgehead atoms. The summed E-state index contributed by atoms with van der Waals surface area (Å²) in [5, 5.41) is 6.82. The minimum absolute atomic E-state index is 0.0229. The number of aromatic nitrogens is 3. The van der Waals surface area contributed by atoms with Crippen molar-refractivity contribution in [1.82, 2.24) is 19.9 Å². The van der Waals surface area contributed by atoms with Crippen molar-refractivity contribution in [3.8, 4) is 22.5 Å². The van der Waals surface area contributed by atoms with Crippen LogP contribution in [0.5, 0.6) is 0 Å². The summed E-state index contributed by atoms with van der Waals surface area (Å²) in [4.78, 5) is 15.9. The first-order valence-corrected chi connectivity index (χ1v) is 8.18. The summed E-state index contributed by atoms with van der Waals surface area (Å²) in [6.45, 7) is 0. The van der Waals surface area contributed by atoms with Crippen LogP contribution in [0.4, 0.5) is 8.78 Å². The molecule has 5 nitrogen and oxygen atoms in total. The molecule has 0 unspecified atom stereocenters. The quantitative estimate of drug-likeness (QED) is 0.603. The van der Waals surface area contributed by atoms with Gasteiger partial charge < -0.3 is 5.32 Å². The van der Waals surface area contributed by atoms with Crippen LogP contribution in [0.3, 0.4) is 0 Å². The van der Waals surface area contributed by atoms with Gasteiger partial charge in [-0.05, 0) is 48.5 Å². The maximum absolute atomic E-state index is 14.2. The van der Waals surface area contributed by atoms with Gasteiger partial charge in [-0.1, -0.05) is 6.07 Å². The Bertz CT molecular complexity index is 1150. The van der Waals surface area contributed by atoms with Gasteiger partial charge in [-0.2, -0.15) is 5.10 Å². The van der Waals surface area contributed by atoms with Gasteiger partial charge in [0.05, 0.1) is 22.5 Å². The lowest BCUT2D eigenvalue weighted by Crippen LogP contribution is -2.19. The number of nitrogens with one attached hydrogen (secondary N) is 1. The van der Waals surface area contributed by atoms with E-state index in [9.17, 15) is 13.6 Å². The van der Waals surface area contributed by atoms with Crippen molar-refractivity contribution >= 4 is 11.4 Å². The van der Waals surface area contributed by atoms with E-state index in [4.69, 9.17) is 0 Å². The Kier molecular flexibility index (Phi) is 4.12. The van der Waals surface area contributed by atoms with Crippen LogP contribution in [0, 0.1) is 11.6 Å². The molecule has 0 atom stereocenters. The highest BCUT2D eigenvalue weighted by molar-refractivity contribution is 5.94. The van der Waals surface area contributed by atoms with Crippen LogP contribution in [-0.2, 0) is 0 Å². The number of fused-ring (bicyclic) bond motifs is 1. The second kappa shape index (κ2) is 6.60. The van der Waals surface area contributed by atoms with Crippen LogP contribution >= 0.6 is 0 Å². The van der Waals surface area contributed by atoms with Crippen molar-refractivity contribution in [3.63, 3.8) is 0 Å². The van der Waals surface area contributed by atoms with E-state index in [0.717, 1.165) is 11.1 Å². The molecule has 2 heterocycles.